The Kier molecular flexibility index (Phi) is 45.2. The third-order valence-electron chi connectivity index (χ3n) is 10.5. The van der Waals surface area contributed by atoms with Crippen molar-refractivity contribution in [2.24, 2.45) is 0 Å². The van der Waals surface area contributed by atoms with Gasteiger partial charge in [-0.05, 0) is 25.7 Å². The number of nitrogens with zero attached hydrogens (tertiary/aromatic N) is 2. The van der Waals surface area contributed by atoms with Gasteiger partial charge in [-0.2, -0.15) is 0 Å². The minimum absolute atomic E-state index is 0.127. The van der Waals surface area contributed by atoms with Crippen LogP contribution >= 0.6 is 0 Å². The minimum Gasteiger partial charge on any atom is -0.394 e. The molecule has 4 N–H and O–H groups in total. The monoisotopic (exact) mass is 771 g/mol. The molecule has 0 radical (unpaired) electrons. The Hall–Kier alpha value is -1.22. The lowest BCUT2D eigenvalue weighted by Gasteiger charge is -2.25. The Labute approximate surface area is 335 Å². The maximum atomic E-state index is 12.6. The SMILES string of the molecule is CCCCCCCCCCCCN(CC(O)CO)C(=O)CCCCCCCCCCC.CCCCCCCCN(CC(O)CO)C(=O)CCCCCCC. The molecule has 8 heteroatoms. The van der Waals surface area contributed by atoms with Crippen molar-refractivity contribution in [2.45, 2.75) is 245 Å². The van der Waals surface area contributed by atoms with Gasteiger partial charge in [0.25, 0.3) is 0 Å². The second kappa shape index (κ2) is 44.5. The maximum absolute atomic E-state index is 12.6. The van der Waals surface area contributed by atoms with Gasteiger partial charge in [-0.25, -0.2) is 0 Å². The molecule has 0 aromatic heterocycles. The summed E-state index contributed by atoms with van der Waals surface area (Å²) in [6.45, 7) is 10.3. The van der Waals surface area contributed by atoms with E-state index >= 15 is 0 Å². The van der Waals surface area contributed by atoms with E-state index < -0.39 is 12.2 Å². The number of carbonyl (C=O) groups excluding carboxylic acids is 2. The van der Waals surface area contributed by atoms with Crippen molar-refractivity contribution in [1.82, 2.24) is 9.80 Å². The van der Waals surface area contributed by atoms with E-state index in [1.165, 1.54) is 141 Å². The summed E-state index contributed by atoms with van der Waals surface area (Å²) in [5.41, 5.74) is 0. The van der Waals surface area contributed by atoms with Gasteiger partial charge in [0.15, 0.2) is 0 Å². The number of aliphatic hydroxyl groups is 4. The van der Waals surface area contributed by atoms with E-state index in [1.54, 1.807) is 9.80 Å². The lowest BCUT2D eigenvalue weighted by atomic mass is 10.1. The zero-order chi connectivity index (χ0) is 40.3. The molecular formula is C46H94N2O6. The topological polar surface area (TPSA) is 122 Å². The van der Waals surface area contributed by atoms with Gasteiger partial charge >= 0.3 is 0 Å². The van der Waals surface area contributed by atoms with Crippen LogP contribution in [-0.2, 0) is 9.59 Å². The molecule has 0 aliphatic heterocycles. The fraction of sp³-hybridized carbons (Fsp3) is 0.957. The van der Waals surface area contributed by atoms with Crippen LogP contribution in [0.5, 0.6) is 0 Å². The molecule has 0 saturated carbocycles. The second-order valence-electron chi connectivity index (χ2n) is 16.0. The smallest absolute Gasteiger partial charge is 0.222 e. The van der Waals surface area contributed by atoms with Crippen molar-refractivity contribution in [3.05, 3.63) is 0 Å². The molecule has 0 spiro atoms. The van der Waals surface area contributed by atoms with Gasteiger partial charge < -0.3 is 30.2 Å². The molecule has 0 saturated heterocycles. The van der Waals surface area contributed by atoms with Crippen LogP contribution in [-0.4, -0.2) is 93.6 Å². The Balaban J connectivity index is 0. The first-order valence-electron chi connectivity index (χ1n) is 23.4. The van der Waals surface area contributed by atoms with Gasteiger partial charge in [0.05, 0.1) is 25.4 Å². The Morgan fingerprint density at radius 2 is 0.593 bits per heavy atom. The molecule has 54 heavy (non-hydrogen) atoms. The van der Waals surface area contributed by atoms with Crippen molar-refractivity contribution in [3.8, 4) is 0 Å². The summed E-state index contributed by atoms with van der Waals surface area (Å²) in [5, 5.41) is 37.7. The molecule has 0 aliphatic rings. The third kappa shape index (κ3) is 39.0. The number of hydrogen-bond acceptors (Lipinski definition) is 6. The quantitative estimate of drug-likeness (QED) is 0.0460. The summed E-state index contributed by atoms with van der Waals surface area (Å²) in [4.78, 5) is 28.5. The summed E-state index contributed by atoms with van der Waals surface area (Å²) in [6, 6.07) is 0. The number of hydrogen-bond donors (Lipinski definition) is 4. The van der Waals surface area contributed by atoms with Crippen LogP contribution < -0.4 is 0 Å². The predicted octanol–water partition coefficient (Wildman–Crippen LogP) is 10.9. The van der Waals surface area contributed by atoms with E-state index in [-0.39, 0.29) is 38.1 Å². The molecule has 0 aliphatic carbocycles. The van der Waals surface area contributed by atoms with Gasteiger partial charge in [0, 0.05) is 39.0 Å². The minimum atomic E-state index is -0.824. The largest absolute Gasteiger partial charge is 0.394 e. The highest BCUT2D eigenvalue weighted by Gasteiger charge is 2.18. The van der Waals surface area contributed by atoms with Crippen molar-refractivity contribution in [2.75, 3.05) is 39.4 Å². The molecular weight excluding hydrogens is 677 g/mol. The van der Waals surface area contributed by atoms with Crippen molar-refractivity contribution in [1.29, 1.82) is 0 Å². The Morgan fingerprint density at radius 1 is 0.370 bits per heavy atom. The second-order valence-corrected chi connectivity index (χ2v) is 16.0. The van der Waals surface area contributed by atoms with E-state index in [0.29, 0.717) is 25.9 Å². The van der Waals surface area contributed by atoms with E-state index in [9.17, 15) is 24.9 Å². The summed E-state index contributed by atoms with van der Waals surface area (Å²) < 4.78 is 0. The lowest BCUT2D eigenvalue weighted by Crippen LogP contribution is -2.39. The van der Waals surface area contributed by atoms with Crippen LogP contribution in [0, 0.1) is 0 Å². The first-order chi connectivity index (χ1) is 26.3. The standard InChI is InChI=1S/C27H55NO3.C19H39NO3/c1-3-5-7-9-11-13-15-17-19-21-23-28(24-26(30)25-29)27(31)22-20-18-16-14-12-10-8-6-4-2;1-3-5-7-9-11-13-15-20(16-18(22)17-21)19(23)14-12-10-8-6-4-2/h26,29-30H,3-25H2,1-2H3;18,21-22H,3-17H2,1-2H3. The number of amides is 2. The molecule has 0 rings (SSSR count). The predicted molar refractivity (Wildman–Crippen MR) is 230 cm³/mol. The number of carbonyl (C=O) groups is 2. The molecule has 8 nitrogen and oxygen atoms in total. The number of rotatable bonds is 40. The fourth-order valence-corrected chi connectivity index (χ4v) is 6.92. The molecule has 0 fully saturated rings. The van der Waals surface area contributed by atoms with Crippen LogP contribution in [0.2, 0.25) is 0 Å². The average molecular weight is 771 g/mol. The molecule has 2 atom stereocenters. The van der Waals surface area contributed by atoms with Gasteiger partial charge in [0.1, 0.15) is 0 Å². The van der Waals surface area contributed by atoms with E-state index in [0.717, 1.165) is 51.4 Å². The highest BCUT2D eigenvalue weighted by molar-refractivity contribution is 5.76. The molecule has 0 bridgehead atoms. The van der Waals surface area contributed by atoms with Gasteiger partial charge in [-0.3, -0.25) is 9.59 Å². The van der Waals surface area contributed by atoms with E-state index in [2.05, 4.69) is 27.7 Å². The first kappa shape index (κ1) is 54.9. The van der Waals surface area contributed by atoms with E-state index in [1.807, 2.05) is 0 Å². The van der Waals surface area contributed by atoms with E-state index in [4.69, 9.17) is 5.11 Å². The number of unbranched alkanes of at least 4 members (excludes halogenated alkanes) is 26. The van der Waals surface area contributed by atoms with Crippen LogP contribution in [0.1, 0.15) is 233 Å². The van der Waals surface area contributed by atoms with Gasteiger partial charge in [0.2, 0.25) is 11.8 Å². The highest BCUT2D eigenvalue weighted by atomic mass is 16.3. The summed E-state index contributed by atoms with van der Waals surface area (Å²) in [5.74, 6) is 0.272. The third-order valence-corrected chi connectivity index (χ3v) is 10.5. The zero-order valence-electron chi connectivity index (χ0n) is 36.5. The van der Waals surface area contributed by atoms with Crippen molar-refractivity contribution >= 4 is 11.8 Å². The fourth-order valence-electron chi connectivity index (χ4n) is 6.92. The molecule has 324 valence electrons. The molecule has 0 aromatic rings. The van der Waals surface area contributed by atoms with Crippen LogP contribution in [0.4, 0.5) is 0 Å². The van der Waals surface area contributed by atoms with Crippen LogP contribution in [0.3, 0.4) is 0 Å². The molecule has 2 unspecified atom stereocenters. The first-order valence-corrected chi connectivity index (χ1v) is 23.4. The molecule has 0 aromatic carbocycles. The zero-order valence-corrected chi connectivity index (χ0v) is 36.5. The summed E-state index contributed by atoms with van der Waals surface area (Å²) >= 11 is 0. The summed E-state index contributed by atoms with van der Waals surface area (Å²) in [6.07, 6.45) is 36.3. The Morgan fingerprint density at radius 3 is 0.833 bits per heavy atom. The maximum Gasteiger partial charge on any atom is 0.222 e. The van der Waals surface area contributed by atoms with Crippen LogP contribution in [0.25, 0.3) is 0 Å². The Bertz CT molecular complexity index is 769. The number of aliphatic hydroxyl groups excluding tert-OH is 4. The van der Waals surface area contributed by atoms with Gasteiger partial charge in [-0.15, -0.1) is 0 Å². The van der Waals surface area contributed by atoms with Crippen molar-refractivity contribution in [3.63, 3.8) is 0 Å². The molecule has 2 amide bonds. The van der Waals surface area contributed by atoms with Gasteiger partial charge in [-0.1, -0.05) is 195 Å². The average Bonchev–Trinajstić information content (AvgIpc) is 3.18. The van der Waals surface area contributed by atoms with Crippen molar-refractivity contribution < 1.29 is 30.0 Å². The van der Waals surface area contributed by atoms with Crippen LogP contribution in [0.15, 0.2) is 0 Å². The molecule has 0 heterocycles. The summed E-state index contributed by atoms with van der Waals surface area (Å²) in [7, 11) is 0. The lowest BCUT2D eigenvalue weighted by molar-refractivity contribution is -0.134. The highest BCUT2D eigenvalue weighted by Crippen LogP contribution is 2.14. The normalized spacial score (nSPS) is 12.3.